The van der Waals surface area contributed by atoms with Gasteiger partial charge in [-0.05, 0) is 109 Å². The van der Waals surface area contributed by atoms with E-state index < -0.39 is 0 Å². The summed E-state index contributed by atoms with van der Waals surface area (Å²) < 4.78 is 0. The molecule has 6 rings (SSSR count). The molecule has 0 radical (unpaired) electrons. The van der Waals surface area contributed by atoms with Crippen LogP contribution < -0.4 is 16.0 Å². The number of thiocarbonyl (C=S) groups is 1. The van der Waals surface area contributed by atoms with Gasteiger partial charge in [-0.2, -0.15) is 0 Å². The number of fused-ring (bicyclic) bond motifs is 3. The van der Waals surface area contributed by atoms with Crippen LogP contribution in [0.15, 0.2) is 0 Å². The third kappa shape index (κ3) is 6.88. The van der Waals surface area contributed by atoms with Crippen molar-refractivity contribution in [1.82, 2.24) is 35.6 Å². The number of nitrogens with one attached hydrogen (secondary N) is 3. The van der Waals surface area contributed by atoms with Gasteiger partial charge >= 0.3 is 0 Å². The monoisotopic (exact) mass is 505 g/mol. The molecule has 35 heavy (non-hydrogen) atoms. The lowest BCUT2D eigenvalue weighted by molar-refractivity contribution is -0.0201. The summed E-state index contributed by atoms with van der Waals surface area (Å²) in [4.78, 5) is 10.6. The molecule has 7 nitrogen and oxygen atoms in total. The molecule has 5 unspecified atom stereocenters. The minimum absolute atomic E-state index is 0.549. The van der Waals surface area contributed by atoms with Gasteiger partial charge in [0, 0.05) is 63.9 Å². The fourth-order valence-electron chi connectivity index (χ4n) is 7.59. The topological polar surface area (TPSA) is 49.1 Å². The fraction of sp³-hybridized carbons (Fsp3) is 0.963. The average Bonchev–Trinajstić information content (AvgIpc) is 2.89. The molecule has 3 N–H and O–H groups in total. The Morgan fingerprint density at radius 2 is 1.74 bits per heavy atom. The molecule has 0 amide bonds. The quantitative estimate of drug-likeness (QED) is 0.453. The zero-order valence-electron chi connectivity index (χ0n) is 22.4. The standard InChI is InChI=1S/C27H51N7S/c1-31(2)24-8-6-23(7-9-24)30-27(35)29-18-25-17-21-10-12-34(25)20-22(21)19-32-13-15-33(16-14-32)26-5-3-4-11-28-26/h21-26,28H,3-20H2,1-2H3,(H2,29,30,35). The second kappa shape index (κ2) is 12.4. The summed E-state index contributed by atoms with van der Waals surface area (Å²) in [7, 11) is 4.41. The molecular weight excluding hydrogens is 454 g/mol. The Balaban J connectivity index is 0.995. The Bertz CT molecular complexity index is 668. The first kappa shape index (κ1) is 26.1. The maximum Gasteiger partial charge on any atom is 0.166 e. The molecule has 1 aliphatic carbocycles. The third-order valence-electron chi connectivity index (χ3n) is 9.90. The molecule has 1 saturated carbocycles. The van der Waals surface area contributed by atoms with Gasteiger partial charge in [-0.15, -0.1) is 0 Å². The second-order valence-corrected chi connectivity index (χ2v) is 12.7. The van der Waals surface area contributed by atoms with Crippen molar-refractivity contribution in [2.24, 2.45) is 11.8 Å². The molecule has 0 aromatic rings. The zero-order chi connectivity index (χ0) is 24.2. The van der Waals surface area contributed by atoms with Crippen molar-refractivity contribution in [1.29, 1.82) is 0 Å². The minimum atomic E-state index is 0.549. The summed E-state index contributed by atoms with van der Waals surface area (Å²) in [5.41, 5.74) is 0. The van der Waals surface area contributed by atoms with Gasteiger partial charge in [0.25, 0.3) is 0 Å². The van der Waals surface area contributed by atoms with Crippen LogP contribution in [-0.2, 0) is 0 Å². The van der Waals surface area contributed by atoms with E-state index in [9.17, 15) is 0 Å². The van der Waals surface area contributed by atoms with Gasteiger partial charge in [-0.3, -0.25) is 9.80 Å². The number of hydrogen-bond acceptors (Lipinski definition) is 6. The highest BCUT2D eigenvalue weighted by Gasteiger charge is 2.41. The van der Waals surface area contributed by atoms with Gasteiger partial charge in [0.05, 0.1) is 6.17 Å². The molecule has 6 aliphatic rings. The van der Waals surface area contributed by atoms with E-state index in [0.717, 1.165) is 29.5 Å². The Kier molecular flexibility index (Phi) is 9.22. The van der Waals surface area contributed by atoms with Gasteiger partial charge in [0.2, 0.25) is 0 Å². The lowest BCUT2D eigenvalue weighted by Crippen LogP contribution is -2.60. The van der Waals surface area contributed by atoms with E-state index in [0.29, 0.717) is 18.2 Å². The van der Waals surface area contributed by atoms with Crippen LogP contribution in [0.2, 0.25) is 0 Å². The van der Waals surface area contributed by atoms with E-state index in [1.807, 2.05) is 0 Å². The van der Waals surface area contributed by atoms with Crippen LogP contribution in [0.5, 0.6) is 0 Å². The smallest absolute Gasteiger partial charge is 0.166 e. The summed E-state index contributed by atoms with van der Waals surface area (Å²) >= 11 is 5.69. The highest BCUT2D eigenvalue weighted by atomic mass is 32.1. The number of hydrogen-bond donors (Lipinski definition) is 3. The first-order valence-corrected chi connectivity index (χ1v) is 15.1. The van der Waals surface area contributed by atoms with Crippen LogP contribution in [-0.4, -0.2) is 122 Å². The highest BCUT2D eigenvalue weighted by molar-refractivity contribution is 7.80. The van der Waals surface area contributed by atoms with E-state index in [1.165, 1.54) is 110 Å². The van der Waals surface area contributed by atoms with Crippen LogP contribution in [0, 0.1) is 11.8 Å². The van der Waals surface area contributed by atoms with Gasteiger partial charge in [-0.1, -0.05) is 0 Å². The van der Waals surface area contributed by atoms with E-state index in [-0.39, 0.29) is 0 Å². The van der Waals surface area contributed by atoms with Gasteiger partial charge < -0.3 is 25.8 Å². The maximum absolute atomic E-state index is 5.69. The number of piperazine rings is 1. The van der Waals surface area contributed by atoms with Crippen LogP contribution >= 0.6 is 12.2 Å². The van der Waals surface area contributed by atoms with E-state index in [1.54, 1.807) is 0 Å². The summed E-state index contributed by atoms with van der Waals surface area (Å²) in [6.45, 7) is 11.1. The number of rotatable bonds is 7. The predicted molar refractivity (Wildman–Crippen MR) is 149 cm³/mol. The maximum atomic E-state index is 5.69. The zero-order valence-corrected chi connectivity index (χ0v) is 23.2. The second-order valence-electron chi connectivity index (χ2n) is 12.3. The Labute approximate surface area is 219 Å². The number of piperidine rings is 4. The van der Waals surface area contributed by atoms with Gasteiger partial charge in [-0.25, -0.2) is 0 Å². The molecule has 0 spiro atoms. The van der Waals surface area contributed by atoms with Crippen LogP contribution in [0.4, 0.5) is 0 Å². The minimum Gasteiger partial charge on any atom is -0.361 e. The molecule has 8 heteroatoms. The first-order chi connectivity index (χ1) is 17.0. The lowest BCUT2D eigenvalue weighted by atomic mass is 9.75. The van der Waals surface area contributed by atoms with Crippen molar-refractivity contribution >= 4 is 17.3 Å². The fourth-order valence-corrected chi connectivity index (χ4v) is 7.84. The molecule has 0 aromatic carbocycles. The summed E-state index contributed by atoms with van der Waals surface area (Å²) in [5, 5.41) is 11.8. The number of nitrogens with zero attached hydrogens (tertiary/aromatic N) is 4. The third-order valence-corrected chi connectivity index (χ3v) is 10.2. The van der Waals surface area contributed by atoms with Crippen molar-refractivity contribution in [2.75, 3.05) is 73.0 Å². The highest BCUT2D eigenvalue weighted by Crippen LogP contribution is 2.36. The largest absolute Gasteiger partial charge is 0.361 e. The van der Waals surface area contributed by atoms with Crippen LogP contribution in [0.25, 0.3) is 0 Å². The Hall–Kier alpha value is -0.510. The first-order valence-electron chi connectivity index (χ1n) is 14.7. The predicted octanol–water partition coefficient (Wildman–Crippen LogP) is 1.75. The molecule has 2 bridgehead atoms. The molecule has 6 fully saturated rings. The van der Waals surface area contributed by atoms with Crippen LogP contribution in [0.3, 0.4) is 0 Å². The van der Waals surface area contributed by atoms with Crippen molar-refractivity contribution in [3.63, 3.8) is 0 Å². The van der Waals surface area contributed by atoms with Crippen molar-refractivity contribution in [3.05, 3.63) is 0 Å². The van der Waals surface area contributed by atoms with Crippen molar-refractivity contribution in [2.45, 2.75) is 82.1 Å². The summed E-state index contributed by atoms with van der Waals surface area (Å²) in [6, 6.07) is 1.95. The Morgan fingerprint density at radius 3 is 2.40 bits per heavy atom. The van der Waals surface area contributed by atoms with E-state index in [2.05, 4.69) is 49.6 Å². The SMILES string of the molecule is CN(C)C1CCC(NC(=S)NCC2CC3CCN2CC3CN2CCN(C3CCCCN3)CC2)CC1. The van der Waals surface area contributed by atoms with Crippen molar-refractivity contribution < 1.29 is 0 Å². The molecule has 200 valence electrons. The van der Waals surface area contributed by atoms with Gasteiger partial charge in [0.15, 0.2) is 5.11 Å². The molecule has 5 aliphatic heterocycles. The molecule has 5 saturated heterocycles. The summed E-state index contributed by atoms with van der Waals surface area (Å²) in [6.07, 6.45) is 12.5. The normalized spacial score (nSPS) is 39.0. The molecule has 5 atom stereocenters. The lowest BCUT2D eigenvalue weighted by Gasteiger charge is -2.51. The molecule has 5 heterocycles. The van der Waals surface area contributed by atoms with Crippen LogP contribution in [0.1, 0.15) is 57.8 Å². The van der Waals surface area contributed by atoms with E-state index >= 15 is 0 Å². The Morgan fingerprint density at radius 1 is 0.943 bits per heavy atom. The van der Waals surface area contributed by atoms with Gasteiger partial charge in [0.1, 0.15) is 0 Å². The molecular formula is C27H51N7S. The van der Waals surface area contributed by atoms with Crippen molar-refractivity contribution in [3.8, 4) is 0 Å². The summed E-state index contributed by atoms with van der Waals surface area (Å²) in [5.74, 6) is 1.75. The molecule has 0 aromatic heterocycles. The average molecular weight is 506 g/mol. The van der Waals surface area contributed by atoms with E-state index in [4.69, 9.17) is 12.2 Å².